The van der Waals surface area contributed by atoms with E-state index in [9.17, 15) is 29.4 Å². The summed E-state index contributed by atoms with van der Waals surface area (Å²) in [7, 11) is 0. The van der Waals surface area contributed by atoms with Crippen molar-refractivity contribution in [2.24, 2.45) is 0 Å². The van der Waals surface area contributed by atoms with Gasteiger partial charge in [-0.15, -0.1) is 0 Å². The second kappa shape index (κ2) is 15.8. The zero-order chi connectivity index (χ0) is 28.1. The smallest absolute Gasteiger partial charge is 0.409 e. The number of carboxylic acids is 2. The number of carbonyl (C=O) groups excluding carboxylic acids is 2. The van der Waals surface area contributed by atoms with E-state index < -0.39 is 53.7 Å². The van der Waals surface area contributed by atoms with Crippen LogP contribution in [0.15, 0.2) is 30.3 Å². The molecule has 0 radical (unpaired) electrons. The molecule has 0 aliphatic carbocycles. The predicted octanol–water partition coefficient (Wildman–Crippen LogP) is 1.36. The molecule has 1 aromatic rings. The Hall–Kier alpha value is -3.30. The van der Waals surface area contributed by atoms with Crippen molar-refractivity contribution in [3.63, 3.8) is 0 Å². The van der Waals surface area contributed by atoms with Gasteiger partial charge in [0.2, 0.25) is 12.2 Å². The van der Waals surface area contributed by atoms with E-state index in [4.69, 9.17) is 15.2 Å². The molecule has 0 saturated carbocycles. The summed E-state index contributed by atoms with van der Waals surface area (Å²) < 4.78 is 4.74. The highest BCUT2D eigenvalue weighted by atomic mass is 17.1. The molecule has 4 unspecified atom stereocenters. The number of alkyl carbamates (subject to hydrolysis) is 1. The summed E-state index contributed by atoms with van der Waals surface area (Å²) in [5.41, 5.74) is 0.956. The summed E-state index contributed by atoms with van der Waals surface area (Å²) in [5, 5.41) is 41.2. The molecule has 1 aliphatic rings. The molecule has 0 spiro atoms. The van der Waals surface area contributed by atoms with E-state index in [1.165, 1.54) is 11.8 Å². The molecule has 2 amide bonds. The number of unbranched alkanes of at least 4 members (excludes halogenated alkanes) is 1. The normalized spacial score (nSPS) is 17.6. The molecule has 1 fully saturated rings. The van der Waals surface area contributed by atoms with Crippen LogP contribution in [0.1, 0.15) is 51.0 Å². The topological polar surface area (TPSA) is 198 Å². The first-order chi connectivity index (χ1) is 18.1. The minimum atomic E-state index is -1.26. The molecule has 4 atom stereocenters. The number of hydrogen-bond acceptors (Lipinski definition) is 10. The van der Waals surface area contributed by atoms with Gasteiger partial charge in [-0.3, -0.25) is 25.3 Å². The van der Waals surface area contributed by atoms with Crippen LogP contribution in [0.25, 0.3) is 0 Å². The van der Waals surface area contributed by atoms with Gasteiger partial charge in [-0.2, -0.15) is 0 Å². The lowest BCUT2D eigenvalue weighted by atomic mass is 10.0. The first kappa shape index (κ1) is 30.9. The van der Waals surface area contributed by atoms with E-state index in [1.54, 1.807) is 0 Å². The zero-order valence-corrected chi connectivity index (χ0v) is 21.2. The Balaban J connectivity index is 1.97. The van der Waals surface area contributed by atoms with Crippen molar-refractivity contribution in [1.29, 1.82) is 0 Å². The van der Waals surface area contributed by atoms with Crippen LogP contribution in [0, 0.1) is 0 Å². The van der Waals surface area contributed by atoms with Crippen LogP contribution >= 0.6 is 0 Å². The summed E-state index contributed by atoms with van der Waals surface area (Å²) in [6, 6.07) is 6.45. The number of rotatable bonds is 16. The molecule has 1 aromatic carbocycles. The number of nitrogens with zero attached hydrogens (tertiary/aromatic N) is 2. The minimum Gasteiger partial charge on any atom is -0.480 e. The van der Waals surface area contributed by atoms with E-state index in [0.29, 0.717) is 32.1 Å². The lowest BCUT2D eigenvalue weighted by Crippen LogP contribution is -2.54. The zero-order valence-electron chi connectivity index (χ0n) is 21.2. The molecule has 1 aliphatic heterocycles. The summed E-state index contributed by atoms with van der Waals surface area (Å²) in [5.74, 6) is -2.67. The number of amides is 2. The number of carbonyl (C=O) groups is 4. The molecule has 1 heterocycles. The van der Waals surface area contributed by atoms with Gasteiger partial charge in [0.1, 0.15) is 12.1 Å². The first-order valence-electron chi connectivity index (χ1n) is 12.4. The quantitative estimate of drug-likeness (QED) is 0.100. The molecule has 0 aromatic heterocycles. The Labute approximate surface area is 220 Å². The number of nitrogens with one attached hydrogen (secondary N) is 2. The highest BCUT2D eigenvalue weighted by molar-refractivity contribution is 5.88. The fraction of sp³-hybridized carbons (Fsp3) is 0.583. The van der Waals surface area contributed by atoms with Gasteiger partial charge in [0.05, 0.1) is 11.4 Å². The van der Waals surface area contributed by atoms with Gasteiger partial charge in [0, 0.05) is 20.0 Å². The van der Waals surface area contributed by atoms with Gasteiger partial charge < -0.3 is 25.2 Å². The minimum absolute atomic E-state index is 0.159. The van der Waals surface area contributed by atoms with Crippen molar-refractivity contribution in [2.75, 3.05) is 13.1 Å². The highest BCUT2D eigenvalue weighted by Gasteiger charge is 2.38. The van der Waals surface area contributed by atoms with Crippen molar-refractivity contribution >= 4 is 23.9 Å². The van der Waals surface area contributed by atoms with E-state index in [0.717, 1.165) is 5.56 Å². The Kier molecular flexibility index (Phi) is 12.9. The Morgan fingerprint density at radius 3 is 2.42 bits per heavy atom. The van der Waals surface area contributed by atoms with E-state index in [2.05, 4.69) is 15.5 Å². The lowest BCUT2D eigenvalue weighted by molar-refractivity contribution is -0.518. The molecule has 6 N–H and O–H groups in total. The molecule has 14 nitrogen and oxygen atoms in total. The molecular formula is C24H36N4O10. The Morgan fingerprint density at radius 1 is 1.08 bits per heavy atom. The molecule has 1 saturated heterocycles. The first-order valence-corrected chi connectivity index (χ1v) is 12.4. The van der Waals surface area contributed by atoms with Crippen LogP contribution < -0.4 is 10.6 Å². The molecule has 14 heteroatoms. The summed E-state index contributed by atoms with van der Waals surface area (Å²) in [6.45, 7) is 1.70. The number of aliphatic carboxylic acids is 2. The van der Waals surface area contributed by atoms with E-state index in [1.807, 2.05) is 30.3 Å². The second-order valence-corrected chi connectivity index (χ2v) is 8.92. The van der Waals surface area contributed by atoms with Gasteiger partial charge in [-0.1, -0.05) is 30.3 Å². The maximum absolute atomic E-state index is 13.3. The molecule has 0 bridgehead atoms. The van der Waals surface area contributed by atoms with E-state index in [-0.39, 0.29) is 25.9 Å². The van der Waals surface area contributed by atoms with Crippen LogP contribution in [0.5, 0.6) is 0 Å². The molecule has 38 heavy (non-hydrogen) atoms. The SMILES string of the molecule is CC(OC(=O)NCCCCC(NC(CCc1ccccc1)C(=O)O)C(=O)N1CCCC1C(=O)O)ON(O)O. The predicted molar refractivity (Wildman–Crippen MR) is 130 cm³/mol. The van der Waals surface area contributed by atoms with Crippen LogP contribution in [0.4, 0.5) is 4.79 Å². The number of likely N-dealkylation sites (tertiary alicyclic amines) is 1. The summed E-state index contributed by atoms with van der Waals surface area (Å²) >= 11 is 0. The van der Waals surface area contributed by atoms with Gasteiger partial charge in [0.25, 0.3) is 0 Å². The Bertz CT molecular complexity index is 917. The van der Waals surface area contributed by atoms with E-state index >= 15 is 0 Å². The molecule has 212 valence electrons. The number of carboxylic acid groups (broad SMARTS) is 2. The molecule has 2 rings (SSSR count). The highest BCUT2D eigenvalue weighted by Crippen LogP contribution is 2.20. The van der Waals surface area contributed by atoms with Crippen molar-refractivity contribution in [3.8, 4) is 0 Å². The van der Waals surface area contributed by atoms with Crippen molar-refractivity contribution in [2.45, 2.75) is 76.3 Å². The number of ether oxygens (including phenoxy) is 1. The van der Waals surface area contributed by atoms with Gasteiger partial charge >= 0.3 is 18.0 Å². The van der Waals surface area contributed by atoms with Crippen molar-refractivity contribution < 1.29 is 49.4 Å². The third-order valence-electron chi connectivity index (χ3n) is 6.09. The monoisotopic (exact) mass is 540 g/mol. The van der Waals surface area contributed by atoms with Gasteiger partial charge in [-0.05, 0) is 50.5 Å². The fourth-order valence-electron chi connectivity index (χ4n) is 4.25. The van der Waals surface area contributed by atoms with Crippen LogP contribution in [0.3, 0.4) is 0 Å². The lowest BCUT2D eigenvalue weighted by Gasteiger charge is -2.29. The number of hydrogen-bond donors (Lipinski definition) is 6. The van der Waals surface area contributed by atoms with Crippen molar-refractivity contribution in [1.82, 2.24) is 20.9 Å². The number of aryl methyl sites for hydroxylation is 1. The van der Waals surface area contributed by atoms with Gasteiger partial charge in [0.15, 0.2) is 0 Å². The standard InChI is InChI=1S/C24H36N4O10/c1-16(38-28(35)36)37-24(34)25-14-6-5-10-18(21(29)27-15-7-11-20(27)23(32)33)26-19(22(30)31)13-12-17-8-3-2-4-9-17/h2-4,8-9,16,18-20,26,35-36H,5-7,10-15H2,1H3,(H,25,34)(H,30,31)(H,32,33). The van der Waals surface area contributed by atoms with Gasteiger partial charge in [-0.25, -0.2) is 14.4 Å². The van der Waals surface area contributed by atoms with Crippen LogP contribution in [-0.4, -0.2) is 92.4 Å². The van der Waals surface area contributed by atoms with Crippen molar-refractivity contribution in [3.05, 3.63) is 35.9 Å². The maximum atomic E-state index is 13.3. The molecular weight excluding hydrogens is 504 g/mol. The Morgan fingerprint density at radius 2 is 1.79 bits per heavy atom. The summed E-state index contributed by atoms with van der Waals surface area (Å²) in [4.78, 5) is 54.3. The third kappa shape index (κ3) is 10.6. The van der Waals surface area contributed by atoms with Crippen LogP contribution in [0.2, 0.25) is 0 Å². The third-order valence-corrected chi connectivity index (χ3v) is 6.09. The average molecular weight is 541 g/mol. The fourth-order valence-corrected chi connectivity index (χ4v) is 4.25. The van der Waals surface area contributed by atoms with Crippen LogP contribution in [-0.2, 0) is 30.4 Å². The summed E-state index contributed by atoms with van der Waals surface area (Å²) in [6.07, 6.45) is 0.508. The average Bonchev–Trinajstić information content (AvgIpc) is 3.35. The maximum Gasteiger partial charge on any atom is 0.409 e. The number of benzene rings is 1. The second-order valence-electron chi connectivity index (χ2n) is 8.92. The largest absolute Gasteiger partial charge is 0.480 e.